The van der Waals surface area contributed by atoms with E-state index in [1.54, 1.807) is 37.3 Å². The lowest BCUT2D eigenvalue weighted by atomic mass is 10.3. The van der Waals surface area contributed by atoms with Gasteiger partial charge in [0.1, 0.15) is 5.82 Å². The van der Waals surface area contributed by atoms with Crippen LogP contribution in [0.5, 0.6) is 0 Å². The molecular weight excluding hydrogens is 470 g/mol. The fraction of sp³-hybridized carbons (Fsp3) is 0.381. The van der Waals surface area contributed by atoms with Crippen molar-refractivity contribution in [3.05, 3.63) is 41.6 Å². The van der Waals surface area contributed by atoms with Gasteiger partial charge in [-0.25, -0.2) is 22.7 Å². The molecule has 1 aromatic carbocycles. The summed E-state index contributed by atoms with van der Waals surface area (Å²) in [6, 6.07) is 8.26. The largest absolute Gasteiger partial charge is 0.319 e. The molecule has 1 N–H and O–H groups in total. The number of thioether (sulfide) groups is 1. The average Bonchev–Trinajstić information content (AvgIpc) is 3.09. The molecule has 8 nitrogen and oxygen atoms in total. The van der Waals surface area contributed by atoms with Crippen LogP contribution < -0.4 is 5.32 Å². The van der Waals surface area contributed by atoms with E-state index in [2.05, 4.69) is 22.2 Å². The Bertz CT molecular complexity index is 1210. The zero-order valence-electron chi connectivity index (χ0n) is 18.4. The van der Waals surface area contributed by atoms with Crippen LogP contribution in [0.3, 0.4) is 0 Å². The molecule has 0 spiro atoms. The number of amides is 1. The molecule has 1 atom stereocenters. The highest BCUT2D eigenvalue weighted by molar-refractivity contribution is 8.00. The van der Waals surface area contributed by atoms with Gasteiger partial charge in [0, 0.05) is 26.8 Å². The number of anilines is 1. The quantitative estimate of drug-likeness (QED) is 0.445. The number of hydrogen-bond acceptors (Lipinski definition) is 6. The molecule has 32 heavy (non-hydrogen) atoms. The van der Waals surface area contributed by atoms with E-state index < -0.39 is 15.3 Å². The maximum Gasteiger partial charge on any atom is 0.242 e. The number of nitrogens with one attached hydrogen (secondary N) is 1. The molecule has 0 aliphatic rings. The second kappa shape index (κ2) is 10.2. The van der Waals surface area contributed by atoms with E-state index in [1.165, 1.54) is 36.4 Å². The lowest BCUT2D eigenvalue weighted by Gasteiger charge is -2.13. The van der Waals surface area contributed by atoms with Gasteiger partial charge >= 0.3 is 0 Å². The van der Waals surface area contributed by atoms with Gasteiger partial charge in [-0.2, -0.15) is 0 Å². The zero-order valence-corrected chi connectivity index (χ0v) is 20.8. The molecule has 0 saturated carbocycles. The first-order chi connectivity index (χ1) is 15.1. The molecule has 172 valence electrons. The number of aryl methyl sites for hydroxylation is 1. The number of unbranched alkanes of at least 4 members (excludes halogenated alkanes) is 1. The van der Waals surface area contributed by atoms with Crippen molar-refractivity contribution in [2.45, 2.75) is 48.5 Å². The zero-order chi connectivity index (χ0) is 23.5. The summed E-state index contributed by atoms with van der Waals surface area (Å²) in [5.41, 5.74) is 1.42. The number of pyridine rings is 1. The second-order valence-electron chi connectivity index (χ2n) is 7.45. The molecule has 3 aromatic rings. The molecule has 0 bridgehead atoms. The van der Waals surface area contributed by atoms with E-state index >= 15 is 0 Å². The van der Waals surface area contributed by atoms with E-state index in [-0.39, 0.29) is 10.8 Å². The number of sulfonamides is 1. The minimum absolute atomic E-state index is 0.186. The van der Waals surface area contributed by atoms with Gasteiger partial charge in [-0.3, -0.25) is 4.79 Å². The molecule has 0 aliphatic carbocycles. The van der Waals surface area contributed by atoms with E-state index in [4.69, 9.17) is 11.6 Å². The molecule has 2 aromatic heterocycles. The van der Waals surface area contributed by atoms with Crippen molar-refractivity contribution >= 4 is 56.1 Å². The van der Waals surface area contributed by atoms with E-state index in [0.29, 0.717) is 21.5 Å². The standard InChI is InChI=1S/C21H26ClN5O3S2/c1-5-6-11-27-18-9-8-16(32(29,30)26(3)4)12-17(18)24-21(27)31-14(2)20(28)25-19-10-7-15(22)13-23-19/h7-10,12-14H,5-6,11H2,1-4H3,(H,23,25,28)/t14-/m0/s1. The predicted octanol–water partition coefficient (Wildman–Crippen LogP) is 4.25. The molecule has 0 fully saturated rings. The number of halogens is 1. The SMILES string of the molecule is CCCCn1c(S[C@@H](C)C(=O)Nc2ccc(Cl)cn2)nc2cc(S(=O)(=O)N(C)C)ccc21. The molecule has 1 amide bonds. The van der Waals surface area contributed by atoms with Crippen molar-refractivity contribution in [3.63, 3.8) is 0 Å². The summed E-state index contributed by atoms with van der Waals surface area (Å²) in [7, 11) is -0.573. The maximum atomic E-state index is 12.7. The van der Waals surface area contributed by atoms with Crippen LogP contribution in [-0.2, 0) is 21.4 Å². The summed E-state index contributed by atoms with van der Waals surface area (Å²) < 4.78 is 28.3. The maximum absolute atomic E-state index is 12.7. The highest BCUT2D eigenvalue weighted by Crippen LogP contribution is 2.30. The number of carbonyl (C=O) groups excluding carboxylic acids is 1. The van der Waals surface area contributed by atoms with Crippen molar-refractivity contribution in [2.75, 3.05) is 19.4 Å². The highest BCUT2D eigenvalue weighted by atomic mass is 35.5. The first-order valence-electron chi connectivity index (χ1n) is 10.2. The van der Waals surface area contributed by atoms with Crippen LogP contribution in [0.15, 0.2) is 46.6 Å². The Morgan fingerprint density at radius 1 is 1.28 bits per heavy atom. The number of nitrogens with zero attached hydrogens (tertiary/aromatic N) is 4. The van der Waals surface area contributed by atoms with E-state index in [1.807, 2.05) is 4.57 Å². The summed E-state index contributed by atoms with van der Waals surface area (Å²) in [6.45, 7) is 4.62. The monoisotopic (exact) mass is 495 g/mol. The number of rotatable bonds is 9. The number of carbonyl (C=O) groups is 1. The Morgan fingerprint density at radius 2 is 2.03 bits per heavy atom. The van der Waals surface area contributed by atoms with Gasteiger partial charge in [0.15, 0.2) is 5.16 Å². The van der Waals surface area contributed by atoms with Gasteiger partial charge in [0.25, 0.3) is 0 Å². The summed E-state index contributed by atoms with van der Waals surface area (Å²) in [5.74, 6) is 0.208. The summed E-state index contributed by atoms with van der Waals surface area (Å²) >= 11 is 7.16. The first kappa shape index (κ1) is 24.5. The number of fused-ring (bicyclic) bond motifs is 1. The Labute approximate surface area is 197 Å². The van der Waals surface area contributed by atoms with Crippen LogP contribution in [-0.4, -0.2) is 52.5 Å². The van der Waals surface area contributed by atoms with Gasteiger partial charge in [0.05, 0.1) is 26.2 Å². The summed E-state index contributed by atoms with van der Waals surface area (Å²) in [6.07, 6.45) is 3.40. The molecule has 11 heteroatoms. The third-order valence-corrected chi connectivity index (χ3v) is 7.95. The highest BCUT2D eigenvalue weighted by Gasteiger charge is 2.22. The third-order valence-electron chi connectivity index (χ3n) is 4.83. The van der Waals surface area contributed by atoms with Crippen molar-refractivity contribution in [2.24, 2.45) is 0 Å². The smallest absolute Gasteiger partial charge is 0.242 e. The summed E-state index contributed by atoms with van der Waals surface area (Å²) in [5, 5.41) is 3.48. The Hall–Kier alpha value is -2.14. The molecule has 2 heterocycles. The third kappa shape index (κ3) is 5.43. The molecule has 0 radical (unpaired) electrons. The van der Waals surface area contributed by atoms with Crippen LogP contribution in [0.25, 0.3) is 11.0 Å². The Kier molecular flexibility index (Phi) is 7.81. The molecule has 0 saturated heterocycles. The predicted molar refractivity (Wildman–Crippen MR) is 129 cm³/mol. The molecule has 0 aliphatic heterocycles. The van der Waals surface area contributed by atoms with Crippen molar-refractivity contribution in [1.82, 2.24) is 18.8 Å². The van der Waals surface area contributed by atoms with Crippen LogP contribution in [0.2, 0.25) is 5.02 Å². The Balaban J connectivity index is 1.89. The van der Waals surface area contributed by atoms with Gasteiger partial charge in [0.2, 0.25) is 15.9 Å². The average molecular weight is 496 g/mol. The lowest BCUT2D eigenvalue weighted by Crippen LogP contribution is -2.23. The minimum Gasteiger partial charge on any atom is -0.319 e. The van der Waals surface area contributed by atoms with Crippen LogP contribution in [0.1, 0.15) is 26.7 Å². The number of hydrogen-bond donors (Lipinski definition) is 1. The van der Waals surface area contributed by atoms with Gasteiger partial charge < -0.3 is 9.88 Å². The van der Waals surface area contributed by atoms with Crippen LogP contribution >= 0.6 is 23.4 Å². The summed E-state index contributed by atoms with van der Waals surface area (Å²) in [4.78, 5) is 21.6. The molecule has 0 unspecified atom stereocenters. The van der Waals surface area contributed by atoms with Crippen molar-refractivity contribution < 1.29 is 13.2 Å². The number of imidazole rings is 1. The second-order valence-corrected chi connectivity index (χ2v) is 11.3. The van der Waals surface area contributed by atoms with Gasteiger partial charge in [-0.15, -0.1) is 0 Å². The van der Waals surface area contributed by atoms with Crippen LogP contribution in [0, 0.1) is 0 Å². The minimum atomic E-state index is -3.57. The fourth-order valence-corrected chi connectivity index (χ4v) is 4.95. The van der Waals surface area contributed by atoms with E-state index in [0.717, 1.165) is 24.9 Å². The van der Waals surface area contributed by atoms with E-state index in [9.17, 15) is 13.2 Å². The molecule has 3 rings (SSSR count). The Morgan fingerprint density at radius 3 is 2.66 bits per heavy atom. The van der Waals surface area contributed by atoms with Crippen LogP contribution in [0.4, 0.5) is 5.82 Å². The van der Waals surface area contributed by atoms with Crippen molar-refractivity contribution in [1.29, 1.82) is 0 Å². The van der Waals surface area contributed by atoms with Gasteiger partial charge in [-0.05, 0) is 43.7 Å². The molecular formula is C21H26ClN5O3S2. The number of aromatic nitrogens is 3. The normalized spacial score (nSPS) is 12.9. The van der Waals surface area contributed by atoms with Crippen molar-refractivity contribution in [3.8, 4) is 0 Å². The first-order valence-corrected chi connectivity index (χ1v) is 12.8. The topological polar surface area (TPSA) is 97.2 Å². The number of benzene rings is 1. The fourth-order valence-electron chi connectivity index (χ4n) is 2.97. The van der Waals surface area contributed by atoms with Gasteiger partial charge in [-0.1, -0.05) is 36.7 Å². The lowest BCUT2D eigenvalue weighted by molar-refractivity contribution is -0.115.